The standard InChI is InChI=1S/C21H26N2O4S/c1-4-11-27-16-8-7-15(12-17(16)26-3)13(2)22-21(25)18-9-10-19(28-18)23-20(24)14-5-6-14/h7-10,12-14H,4-6,11H2,1-3H3,(H,22,25)(H,23,24). The molecule has 1 aliphatic carbocycles. The molecular weight excluding hydrogens is 376 g/mol. The molecule has 1 unspecified atom stereocenters. The van der Waals surface area contributed by atoms with E-state index in [0.717, 1.165) is 24.8 Å². The lowest BCUT2D eigenvalue weighted by molar-refractivity contribution is -0.117. The largest absolute Gasteiger partial charge is 0.493 e. The van der Waals surface area contributed by atoms with E-state index in [-0.39, 0.29) is 23.8 Å². The van der Waals surface area contributed by atoms with E-state index in [1.54, 1.807) is 19.2 Å². The molecule has 0 bridgehead atoms. The first-order valence-corrected chi connectivity index (χ1v) is 10.4. The minimum Gasteiger partial charge on any atom is -0.493 e. The van der Waals surface area contributed by atoms with Gasteiger partial charge in [-0.05, 0) is 56.0 Å². The van der Waals surface area contributed by atoms with Gasteiger partial charge in [0.25, 0.3) is 5.91 Å². The monoisotopic (exact) mass is 402 g/mol. The Kier molecular flexibility index (Phi) is 6.57. The second-order valence-corrected chi connectivity index (χ2v) is 7.97. The molecule has 2 amide bonds. The third kappa shape index (κ3) is 5.04. The lowest BCUT2D eigenvalue weighted by atomic mass is 10.1. The molecule has 150 valence electrons. The minimum absolute atomic E-state index is 0.0413. The first-order valence-electron chi connectivity index (χ1n) is 9.54. The van der Waals surface area contributed by atoms with Crippen molar-refractivity contribution in [3.8, 4) is 11.5 Å². The summed E-state index contributed by atoms with van der Waals surface area (Å²) in [5, 5.41) is 6.56. The summed E-state index contributed by atoms with van der Waals surface area (Å²) in [5.41, 5.74) is 0.924. The maximum absolute atomic E-state index is 12.6. The maximum Gasteiger partial charge on any atom is 0.261 e. The van der Waals surface area contributed by atoms with E-state index < -0.39 is 0 Å². The van der Waals surface area contributed by atoms with E-state index in [4.69, 9.17) is 9.47 Å². The predicted octanol–water partition coefficient (Wildman–Crippen LogP) is 4.39. The molecule has 0 aliphatic heterocycles. The van der Waals surface area contributed by atoms with Crippen LogP contribution in [0.3, 0.4) is 0 Å². The van der Waals surface area contributed by atoms with E-state index in [2.05, 4.69) is 10.6 Å². The first kappa shape index (κ1) is 20.2. The number of anilines is 1. The second-order valence-electron chi connectivity index (χ2n) is 6.88. The normalized spacial score (nSPS) is 14.2. The predicted molar refractivity (Wildman–Crippen MR) is 110 cm³/mol. The van der Waals surface area contributed by atoms with Gasteiger partial charge in [-0.1, -0.05) is 13.0 Å². The number of rotatable bonds is 9. The van der Waals surface area contributed by atoms with Gasteiger partial charge in [0.15, 0.2) is 11.5 Å². The van der Waals surface area contributed by atoms with Gasteiger partial charge in [-0.3, -0.25) is 9.59 Å². The lowest BCUT2D eigenvalue weighted by Crippen LogP contribution is -2.25. The second kappa shape index (κ2) is 9.10. The quantitative estimate of drug-likeness (QED) is 0.652. The molecule has 0 spiro atoms. The van der Waals surface area contributed by atoms with Crippen molar-refractivity contribution in [3.63, 3.8) is 0 Å². The highest BCUT2D eigenvalue weighted by Gasteiger charge is 2.30. The lowest BCUT2D eigenvalue weighted by Gasteiger charge is -2.17. The fraction of sp³-hybridized carbons (Fsp3) is 0.429. The zero-order chi connectivity index (χ0) is 20.1. The fourth-order valence-corrected chi connectivity index (χ4v) is 3.54. The van der Waals surface area contributed by atoms with Gasteiger partial charge in [0.1, 0.15) is 0 Å². The van der Waals surface area contributed by atoms with Crippen molar-refractivity contribution in [2.75, 3.05) is 19.0 Å². The molecule has 0 radical (unpaired) electrons. The Morgan fingerprint density at radius 2 is 2.00 bits per heavy atom. The van der Waals surface area contributed by atoms with Crippen LogP contribution in [0.4, 0.5) is 5.00 Å². The molecule has 28 heavy (non-hydrogen) atoms. The molecule has 1 heterocycles. The van der Waals surface area contributed by atoms with Crippen LogP contribution in [0.15, 0.2) is 30.3 Å². The Labute approximate surface area is 169 Å². The van der Waals surface area contributed by atoms with Crippen molar-refractivity contribution in [1.29, 1.82) is 0 Å². The molecule has 1 fully saturated rings. The van der Waals surface area contributed by atoms with Crippen molar-refractivity contribution >= 4 is 28.2 Å². The molecule has 0 saturated heterocycles. The molecule has 6 nitrogen and oxygen atoms in total. The fourth-order valence-electron chi connectivity index (χ4n) is 2.73. The van der Waals surface area contributed by atoms with Gasteiger partial charge in [0.05, 0.1) is 29.6 Å². The Balaban J connectivity index is 1.62. The van der Waals surface area contributed by atoms with Crippen molar-refractivity contribution in [3.05, 3.63) is 40.8 Å². The van der Waals surface area contributed by atoms with E-state index in [0.29, 0.717) is 28.0 Å². The van der Waals surface area contributed by atoms with Crippen molar-refractivity contribution in [2.45, 2.75) is 39.2 Å². The Morgan fingerprint density at radius 3 is 2.68 bits per heavy atom. The molecule has 2 N–H and O–H groups in total. The van der Waals surface area contributed by atoms with Crippen molar-refractivity contribution in [1.82, 2.24) is 5.32 Å². The SMILES string of the molecule is CCCOc1ccc(C(C)NC(=O)c2ccc(NC(=O)C3CC3)s2)cc1OC. The van der Waals surface area contributed by atoms with Crippen LogP contribution in [0.25, 0.3) is 0 Å². The number of benzene rings is 1. The number of carbonyl (C=O) groups is 2. The summed E-state index contributed by atoms with van der Waals surface area (Å²) in [6, 6.07) is 8.97. The molecule has 1 aromatic heterocycles. The van der Waals surface area contributed by atoms with Crippen LogP contribution in [0.2, 0.25) is 0 Å². The van der Waals surface area contributed by atoms with Gasteiger partial charge in [0.2, 0.25) is 5.91 Å². The minimum atomic E-state index is -0.201. The molecule has 1 aromatic carbocycles. The van der Waals surface area contributed by atoms with Gasteiger partial charge in [-0.15, -0.1) is 11.3 Å². The van der Waals surface area contributed by atoms with E-state index in [1.807, 2.05) is 32.0 Å². The van der Waals surface area contributed by atoms with Crippen LogP contribution >= 0.6 is 11.3 Å². The van der Waals surface area contributed by atoms with Crippen LogP contribution in [-0.4, -0.2) is 25.5 Å². The maximum atomic E-state index is 12.6. The molecule has 1 saturated carbocycles. The molecule has 3 rings (SSSR count). The summed E-state index contributed by atoms with van der Waals surface area (Å²) in [4.78, 5) is 25.0. The number of thiophene rings is 1. The Hall–Kier alpha value is -2.54. The highest BCUT2D eigenvalue weighted by molar-refractivity contribution is 7.18. The average Bonchev–Trinajstić information content (AvgIpc) is 3.45. The van der Waals surface area contributed by atoms with Crippen LogP contribution < -0.4 is 20.1 Å². The molecule has 1 atom stereocenters. The summed E-state index contributed by atoms with van der Waals surface area (Å²) >= 11 is 1.28. The Morgan fingerprint density at radius 1 is 1.21 bits per heavy atom. The summed E-state index contributed by atoms with van der Waals surface area (Å²) in [6.07, 6.45) is 2.82. The average molecular weight is 403 g/mol. The van der Waals surface area contributed by atoms with Crippen molar-refractivity contribution < 1.29 is 19.1 Å². The number of methoxy groups -OCH3 is 1. The molecule has 1 aliphatic rings. The highest BCUT2D eigenvalue weighted by atomic mass is 32.1. The van der Waals surface area contributed by atoms with Crippen LogP contribution in [0, 0.1) is 5.92 Å². The smallest absolute Gasteiger partial charge is 0.261 e. The number of carbonyl (C=O) groups excluding carboxylic acids is 2. The zero-order valence-electron chi connectivity index (χ0n) is 16.4. The van der Waals surface area contributed by atoms with Crippen LogP contribution in [-0.2, 0) is 4.79 Å². The van der Waals surface area contributed by atoms with E-state index in [1.165, 1.54) is 11.3 Å². The van der Waals surface area contributed by atoms with E-state index in [9.17, 15) is 9.59 Å². The molecule has 7 heteroatoms. The van der Waals surface area contributed by atoms with Gasteiger partial charge in [0, 0.05) is 5.92 Å². The van der Waals surface area contributed by atoms with Gasteiger partial charge < -0.3 is 20.1 Å². The third-order valence-electron chi connectivity index (χ3n) is 4.52. The first-order chi connectivity index (χ1) is 13.5. The highest BCUT2D eigenvalue weighted by Crippen LogP contribution is 2.32. The topological polar surface area (TPSA) is 76.7 Å². The third-order valence-corrected chi connectivity index (χ3v) is 5.52. The molecular formula is C21H26N2O4S. The summed E-state index contributed by atoms with van der Waals surface area (Å²) < 4.78 is 11.1. The van der Waals surface area contributed by atoms with Crippen molar-refractivity contribution in [2.24, 2.45) is 5.92 Å². The summed E-state index contributed by atoms with van der Waals surface area (Å²) in [7, 11) is 1.60. The number of hydrogen-bond donors (Lipinski definition) is 2. The Bertz CT molecular complexity index is 845. The van der Waals surface area contributed by atoms with Gasteiger partial charge >= 0.3 is 0 Å². The van der Waals surface area contributed by atoms with Crippen LogP contribution in [0.1, 0.15) is 54.4 Å². The van der Waals surface area contributed by atoms with E-state index >= 15 is 0 Å². The number of hydrogen-bond acceptors (Lipinski definition) is 5. The van der Waals surface area contributed by atoms with Gasteiger partial charge in [-0.25, -0.2) is 0 Å². The molecule has 2 aromatic rings. The number of ether oxygens (including phenoxy) is 2. The summed E-state index contributed by atoms with van der Waals surface area (Å²) in [6.45, 7) is 4.59. The number of amides is 2. The van der Waals surface area contributed by atoms with Crippen LogP contribution in [0.5, 0.6) is 11.5 Å². The zero-order valence-corrected chi connectivity index (χ0v) is 17.2. The summed E-state index contributed by atoms with van der Waals surface area (Å²) in [5.74, 6) is 1.35. The number of nitrogens with one attached hydrogen (secondary N) is 2. The van der Waals surface area contributed by atoms with Gasteiger partial charge in [-0.2, -0.15) is 0 Å².